The van der Waals surface area contributed by atoms with Crippen LogP contribution in [0.5, 0.6) is 0 Å². The van der Waals surface area contributed by atoms with Crippen molar-refractivity contribution in [3.63, 3.8) is 0 Å². The number of aromatic carboxylic acids is 1. The molecule has 0 aliphatic carbocycles. The quantitative estimate of drug-likeness (QED) is 0.902. The maximum absolute atomic E-state index is 11.6. The summed E-state index contributed by atoms with van der Waals surface area (Å²) in [7, 11) is 0. The van der Waals surface area contributed by atoms with Crippen molar-refractivity contribution < 1.29 is 19.5 Å². The number of nitrogens with one attached hydrogen (secondary N) is 1. The summed E-state index contributed by atoms with van der Waals surface area (Å²) in [6, 6.07) is 5.39. The molecule has 0 radical (unpaired) electrons. The lowest BCUT2D eigenvalue weighted by molar-refractivity contribution is -0.117. The number of rotatable bonds is 4. The number of ketones is 1. The Morgan fingerprint density at radius 1 is 1.24 bits per heavy atom. The number of amides is 1. The largest absolute Gasteiger partial charge is 0.477 e. The minimum atomic E-state index is -1.19. The molecule has 6 nitrogen and oxygen atoms in total. The fourth-order valence-corrected chi connectivity index (χ4v) is 2.38. The van der Waals surface area contributed by atoms with Crippen LogP contribution in [0.1, 0.15) is 29.9 Å². The van der Waals surface area contributed by atoms with Gasteiger partial charge in [-0.25, -0.2) is 4.79 Å². The molecule has 0 spiro atoms. The van der Waals surface area contributed by atoms with E-state index in [1.807, 2.05) is 13.0 Å². The summed E-state index contributed by atoms with van der Waals surface area (Å²) in [5, 5.41) is 12.6. The summed E-state index contributed by atoms with van der Waals surface area (Å²) in [5.74, 6) is -1.71. The zero-order chi connectivity index (χ0) is 15.7. The second kappa shape index (κ2) is 5.40. The molecule has 6 heteroatoms. The first-order chi connectivity index (χ1) is 9.81. The maximum atomic E-state index is 11.6. The maximum Gasteiger partial charge on any atom is 0.354 e. The fourth-order valence-electron chi connectivity index (χ4n) is 2.38. The van der Waals surface area contributed by atoms with Crippen LogP contribution in [-0.2, 0) is 16.1 Å². The predicted octanol–water partition coefficient (Wildman–Crippen LogP) is 2.20. The Kier molecular flexibility index (Phi) is 3.80. The zero-order valence-electron chi connectivity index (χ0n) is 12.1. The second-order valence-electron chi connectivity index (χ2n) is 5.02. The minimum Gasteiger partial charge on any atom is -0.477 e. The lowest BCUT2D eigenvalue weighted by atomic mass is 10.1. The summed E-state index contributed by atoms with van der Waals surface area (Å²) in [6.45, 7) is 4.53. The van der Waals surface area contributed by atoms with E-state index in [4.69, 9.17) is 0 Å². The van der Waals surface area contributed by atoms with Crippen molar-refractivity contribution in [2.75, 3.05) is 5.32 Å². The van der Waals surface area contributed by atoms with E-state index in [1.165, 1.54) is 18.4 Å². The molecule has 1 amide bonds. The molecule has 0 aliphatic heterocycles. The van der Waals surface area contributed by atoms with Gasteiger partial charge in [-0.1, -0.05) is 11.6 Å². The predicted molar refractivity (Wildman–Crippen MR) is 78.6 cm³/mol. The van der Waals surface area contributed by atoms with Gasteiger partial charge in [-0.3, -0.25) is 9.59 Å². The molecule has 1 aromatic carbocycles. The van der Waals surface area contributed by atoms with Crippen LogP contribution in [0.4, 0.5) is 5.69 Å². The third kappa shape index (κ3) is 2.79. The molecule has 0 saturated heterocycles. The first-order valence-electron chi connectivity index (χ1n) is 6.44. The monoisotopic (exact) mass is 288 g/mol. The number of carboxylic acid groups (broad SMARTS) is 1. The number of anilines is 1. The van der Waals surface area contributed by atoms with Crippen molar-refractivity contribution in [3.05, 3.63) is 29.5 Å². The molecule has 2 aromatic rings. The molecule has 21 heavy (non-hydrogen) atoms. The van der Waals surface area contributed by atoms with Crippen LogP contribution in [0.25, 0.3) is 10.9 Å². The normalized spacial score (nSPS) is 10.6. The Morgan fingerprint density at radius 3 is 2.43 bits per heavy atom. The van der Waals surface area contributed by atoms with Crippen LogP contribution in [0, 0.1) is 6.92 Å². The van der Waals surface area contributed by atoms with E-state index in [-0.39, 0.29) is 29.6 Å². The first kappa shape index (κ1) is 14.8. The molecule has 0 bridgehead atoms. The van der Waals surface area contributed by atoms with Crippen molar-refractivity contribution in [1.29, 1.82) is 0 Å². The Hall–Kier alpha value is -2.63. The van der Waals surface area contributed by atoms with E-state index in [9.17, 15) is 19.5 Å². The number of fused-ring (bicyclic) bond motifs is 1. The third-order valence-electron chi connectivity index (χ3n) is 3.10. The standard InChI is InChI=1S/C15H16N2O4/c1-8-4-5-12-11(6-8)13(16-10(3)19)14(15(20)21)17(12)7-9(2)18/h4-6H,7H2,1-3H3,(H,16,19)(H,20,21). The summed E-state index contributed by atoms with van der Waals surface area (Å²) < 4.78 is 1.42. The van der Waals surface area contributed by atoms with Crippen molar-refractivity contribution in [2.24, 2.45) is 0 Å². The second-order valence-corrected chi connectivity index (χ2v) is 5.02. The van der Waals surface area contributed by atoms with Gasteiger partial charge < -0.3 is 15.0 Å². The van der Waals surface area contributed by atoms with Crippen molar-refractivity contribution in [3.8, 4) is 0 Å². The number of benzene rings is 1. The summed E-state index contributed by atoms with van der Waals surface area (Å²) in [4.78, 5) is 34.4. The van der Waals surface area contributed by atoms with Crippen LogP contribution >= 0.6 is 0 Å². The molecule has 0 unspecified atom stereocenters. The van der Waals surface area contributed by atoms with E-state index >= 15 is 0 Å². The number of hydrogen-bond donors (Lipinski definition) is 2. The summed E-state index contributed by atoms with van der Waals surface area (Å²) >= 11 is 0. The molecule has 0 fully saturated rings. The smallest absolute Gasteiger partial charge is 0.354 e. The summed E-state index contributed by atoms with van der Waals surface area (Å²) in [6.07, 6.45) is 0. The van der Waals surface area contributed by atoms with Crippen LogP contribution in [-0.4, -0.2) is 27.3 Å². The van der Waals surface area contributed by atoms with E-state index in [2.05, 4.69) is 5.32 Å². The topological polar surface area (TPSA) is 88.4 Å². The minimum absolute atomic E-state index is 0.0548. The Balaban J connectivity index is 2.85. The number of hydrogen-bond acceptors (Lipinski definition) is 3. The van der Waals surface area contributed by atoms with E-state index in [0.717, 1.165) is 5.56 Å². The number of carboxylic acids is 1. The highest BCUT2D eigenvalue weighted by Gasteiger charge is 2.23. The number of carbonyl (C=O) groups is 3. The van der Waals surface area contributed by atoms with Gasteiger partial charge in [-0.15, -0.1) is 0 Å². The lowest BCUT2D eigenvalue weighted by Gasteiger charge is -2.06. The molecule has 1 heterocycles. The Morgan fingerprint density at radius 2 is 1.90 bits per heavy atom. The van der Waals surface area contributed by atoms with Crippen LogP contribution in [0.2, 0.25) is 0 Å². The van der Waals surface area contributed by atoms with Crippen LogP contribution in [0.3, 0.4) is 0 Å². The van der Waals surface area contributed by atoms with Gasteiger partial charge in [0.05, 0.1) is 17.7 Å². The van der Waals surface area contributed by atoms with Crippen molar-refractivity contribution >= 4 is 34.3 Å². The molecule has 110 valence electrons. The van der Waals surface area contributed by atoms with Gasteiger partial charge in [0, 0.05) is 12.3 Å². The molecule has 2 N–H and O–H groups in total. The SMILES string of the molecule is CC(=O)Cn1c(C(=O)O)c(NC(C)=O)c2cc(C)ccc21. The van der Waals surface area contributed by atoms with Crippen LogP contribution in [0.15, 0.2) is 18.2 Å². The average Bonchev–Trinajstić information content (AvgIpc) is 2.62. The number of Topliss-reactive ketones (excluding diaryl/α,β-unsaturated/α-hetero) is 1. The molecule has 0 aliphatic rings. The van der Waals surface area contributed by atoms with E-state index in [0.29, 0.717) is 10.9 Å². The van der Waals surface area contributed by atoms with Gasteiger partial charge in [-0.05, 0) is 26.0 Å². The molecule has 2 rings (SSSR count). The molecule has 1 aromatic heterocycles. The fraction of sp³-hybridized carbons (Fsp3) is 0.267. The van der Waals surface area contributed by atoms with Crippen LogP contribution < -0.4 is 5.32 Å². The van der Waals surface area contributed by atoms with Gasteiger partial charge in [0.1, 0.15) is 5.78 Å². The highest BCUT2D eigenvalue weighted by Crippen LogP contribution is 2.32. The molecule has 0 saturated carbocycles. The van der Waals surface area contributed by atoms with Gasteiger partial charge >= 0.3 is 5.97 Å². The van der Waals surface area contributed by atoms with Crippen molar-refractivity contribution in [2.45, 2.75) is 27.3 Å². The lowest BCUT2D eigenvalue weighted by Crippen LogP contribution is -2.16. The molecular formula is C15H16N2O4. The molecular weight excluding hydrogens is 272 g/mol. The van der Waals surface area contributed by atoms with Gasteiger partial charge in [0.25, 0.3) is 0 Å². The number of carbonyl (C=O) groups excluding carboxylic acids is 2. The Labute approximate surface area is 121 Å². The molecule has 0 atom stereocenters. The highest BCUT2D eigenvalue weighted by atomic mass is 16.4. The van der Waals surface area contributed by atoms with Gasteiger partial charge in [-0.2, -0.15) is 0 Å². The number of aromatic nitrogens is 1. The Bertz CT molecular complexity index is 759. The zero-order valence-corrected chi connectivity index (χ0v) is 12.1. The highest BCUT2D eigenvalue weighted by molar-refractivity contribution is 6.11. The number of aryl methyl sites for hydroxylation is 1. The van der Waals surface area contributed by atoms with Gasteiger partial charge in [0.15, 0.2) is 5.69 Å². The number of nitrogens with zero attached hydrogens (tertiary/aromatic N) is 1. The third-order valence-corrected chi connectivity index (χ3v) is 3.10. The first-order valence-corrected chi connectivity index (χ1v) is 6.44. The average molecular weight is 288 g/mol. The summed E-state index contributed by atoms with van der Waals surface area (Å²) in [5.41, 5.74) is 1.69. The van der Waals surface area contributed by atoms with Gasteiger partial charge in [0.2, 0.25) is 5.91 Å². The van der Waals surface area contributed by atoms with Crippen molar-refractivity contribution in [1.82, 2.24) is 4.57 Å². The van der Waals surface area contributed by atoms with E-state index in [1.54, 1.807) is 12.1 Å². The van der Waals surface area contributed by atoms with E-state index < -0.39 is 5.97 Å².